The van der Waals surface area contributed by atoms with Crippen LogP contribution in [0, 0.1) is 0 Å². The molecule has 6 heteroatoms. The quantitative estimate of drug-likeness (QED) is 0.882. The van der Waals surface area contributed by atoms with Crippen LogP contribution in [0.5, 0.6) is 0 Å². The third kappa shape index (κ3) is 3.37. The predicted octanol–water partition coefficient (Wildman–Crippen LogP) is 1.92. The number of amidine groups is 1. The van der Waals surface area contributed by atoms with Crippen molar-refractivity contribution in [3.63, 3.8) is 0 Å². The molecule has 3 rings (SSSR count). The molecule has 6 nitrogen and oxygen atoms in total. The summed E-state index contributed by atoms with van der Waals surface area (Å²) < 4.78 is 0. The fourth-order valence-corrected chi connectivity index (χ4v) is 2.58. The second kappa shape index (κ2) is 6.58. The SMILES string of the molecule is CN1C(CNCc2cc(C(=O)O)ccn2)=NCc2ccccc21. The van der Waals surface area contributed by atoms with Crippen LogP contribution in [-0.4, -0.2) is 35.5 Å². The Balaban J connectivity index is 1.60. The smallest absolute Gasteiger partial charge is 0.335 e. The number of aliphatic imine (C=N–C) groups is 1. The number of aromatic nitrogens is 1. The molecule has 1 aromatic heterocycles. The van der Waals surface area contributed by atoms with Crippen molar-refractivity contribution in [1.82, 2.24) is 10.3 Å². The average molecular weight is 310 g/mol. The highest BCUT2D eigenvalue weighted by atomic mass is 16.4. The first-order valence-electron chi connectivity index (χ1n) is 7.39. The maximum Gasteiger partial charge on any atom is 0.335 e. The standard InChI is InChI=1S/C17H18N4O2/c1-21-15-5-3-2-4-13(15)9-20-16(21)11-18-10-14-8-12(17(22)23)6-7-19-14/h2-8,18H,9-11H2,1H3,(H,22,23). The Morgan fingerprint density at radius 3 is 2.96 bits per heavy atom. The van der Waals surface area contributed by atoms with Crippen molar-refractivity contribution >= 4 is 17.5 Å². The van der Waals surface area contributed by atoms with Gasteiger partial charge < -0.3 is 15.3 Å². The van der Waals surface area contributed by atoms with E-state index in [1.54, 1.807) is 6.07 Å². The van der Waals surface area contributed by atoms with Crippen molar-refractivity contribution in [2.24, 2.45) is 4.99 Å². The number of pyridine rings is 1. The van der Waals surface area contributed by atoms with E-state index in [4.69, 9.17) is 5.11 Å². The molecule has 2 N–H and O–H groups in total. The Bertz CT molecular complexity index is 758. The molecule has 118 valence electrons. The van der Waals surface area contributed by atoms with E-state index < -0.39 is 5.97 Å². The third-order valence-corrected chi connectivity index (χ3v) is 3.82. The van der Waals surface area contributed by atoms with Gasteiger partial charge in [-0.25, -0.2) is 4.79 Å². The Morgan fingerprint density at radius 1 is 1.30 bits per heavy atom. The summed E-state index contributed by atoms with van der Waals surface area (Å²) in [5, 5.41) is 12.3. The highest BCUT2D eigenvalue weighted by Crippen LogP contribution is 2.24. The monoisotopic (exact) mass is 310 g/mol. The fourth-order valence-electron chi connectivity index (χ4n) is 2.58. The van der Waals surface area contributed by atoms with Crippen molar-refractivity contribution in [3.8, 4) is 0 Å². The number of carboxylic acids is 1. The molecular formula is C17H18N4O2. The largest absolute Gasteiger partial charge is 0.478 e. The van der Waals surface area contributed by atoms with Gasteiger partial charge in [-0.1, -0.05) is 18.2 Å². The minimum atomic E-state index is -0.943. The van der Waals surface area contributed by atoms with Crippen molar-refractivity contribution in [2.75, 3.05) is 18.5 Å². The fraction of sp³-hybridized carbons (Fsp3) is 0.235. The number of benzene rings is 1. The first kappa shape index (κ1) is 15.2. The zero-order valence-electron chi connectivity index (χ0n) is 12.9. The molecule has 0 amide bonds. The lowest BCUT2D eigenvalue weighted by molar-refractivity contribution is 0.0696. The molecule has 0 unspecified atom stereocenters. The van der Waals surface area contributed by atoms with Gasteiger partial charge >= 0.3 is 5.97 Å². The van der Waals surface area contributed by atoms with Crippen LogP contribution in [0.25, 0.3) is 0 Å². The van der Waals surface area contributed by atoms with Crippen LogP contribution < -0.4 is 10.2 Å². The lowest BCUT2D eigenvalue weighted by Gasteiger charge is -2.28. The van der Waals surface area contributed by atoms with Crippen LogP contribution in [0.15, 0.2) is 47.6 Å². The molecule has 23 heavy (non-hydrogen) atoms. The van der Waals surface area contributed by atoms with Crippen LogP contribution in [0.1, 0.15) is 21.6 Å². The number of hydrogen-bond donors (Lipinski definition) is 2. The number of para-hydroxylation sites is 1. The Morgan fingerprint density at radius 2 is 2.13 bits per heavy atom. The minimum absolute atomic E-state index is 0.248. The third-order valence-electron chi connectivity index (χ3n) is 3.82. The van der Waals surface area contributed by atoms with E-state index in [0.717, 1.165) is 5.84 Å². The summed E-state index contributed by atoms with van der Waals surface area (Å²) >= 11 is 0. The van der Waals surface area contributed by atoms with Gasteiger partial charge in [0.25, 0.3) is 0 Å². The average Bonchev–Trinajstić information content (AvgIpc) is 2.57. The van der Waals surface area contributed by atoms with Gasteiger partial charge in [0, 0.05) is 25.5 Å². The summed E-state index contributed by atoms with van der Waals surface area (Å²) in [6.07, 6.45) is 1.51. The number of aromatic carboxylic acids is 1. The van der Waals surface area contributed by atoms with E-state index in [-0.39, 0.29) is 5.56 Å². The van der Waals surface area contributed by atoms with Gasteiger partial charge in [0.2, 0.25) is 0 Å². The molecule has 0 fully saturated rings. The Hall–Kier alpha value is -2.73. The van der Waals surface area contributed by atoms with E-state index in [1.165, 1.54) is 23.5 Å². The summed E-state index contributed by atoms with van der Waals surface area (Å²) in [6, 6.07) is 11.3. The Kier molecular flexibility index (Phi) is 4.34. The number of nitrogens with one attached hydrogen (secondary N) is 1. The van der Waals surface area contributed by atoms with Crippen LogP contribution in [-0.2, 0) is 13.1 Å². The van der Waals surface area contributed by atoms with Gasteiger partial charge in [0.15, 0.2) is 0 Å². The molecular weight excluding hydrogens is 292 g/mol. The van der Waals surface area contributed by atoms with E-state index >= 15 is 0 Å². The van der Waals surface area contributed by atoms with Crippen molar-refractivity contribution < 1.29 is 9.90 Å². The minimum Gasteiger partial charge on any atom is -0.478 e. The van der Waals surface area contributed by atoms with Crippen LogP contribution in [0.3, 0.4) is 0 Å². The molecule has 2 heterocycles. The van der Waals surface area contributed by atoms with Crippen molar-refractivity contribution in [2.45, 2.75) is 13.1 Å². The molecule has 0 atom stereocenters. The topological polar surface area (TPSA) is 77.8 Å². The zero-order chi connectivity index (χ0) is 16.2. The number of fused-ring (bicyclic) bond motifs is 1. The van der Waals surface area contributed by atoms with Gasteiger partial charge in [0.1, 0.15) is 5.84 Å². The summed E-state index contributed by atoms with van der Waals surface area (Å²) in [7, 11) is 2.00. The van der Waals surface area contributed by atoms with Gasteiger partial charge in [-0.15, -0.1) is 0 Å². The molecule has 0 aliphatic carbocycles. The molecule has 0 radical (unpaired) electrons. The highest BCUT2D eigenvalue weighted by molar-refractivity contribution is 6.00. The molecule has 0 saturated carbocycles. The number of carboxylic acid groups (broad SMARTS) is 1. The molecule has 1 aliphatic rings. The number of anilines is 1. The lowest BCUT2D eigenvalue weighted by atomic mass is 10.1. The number of likely N-dealkylation sites (N-methyl/N-ethyl adjacent to an activating group) is 1. The predicted molar refractivity (Wildman–Crippen MR) is 88.9 cm³/mol. The van der Waals surface area contributed by atoms with E-state index in [0.29, 0.717) is 25.3 Å². The number of hydrogen-bond acceptors (Lipinski definition) is 5. The zero-order valence-corrected chi connectivity index (χ0v) is 12.9. The molecule has 0 saturated heterocycles. The molecule has 2 aromatic rings. The first-order chi connectivity index (χ1) is 11.1. The normalized spacial score (nSPS) is 13.4. The highest BCUT2D eigenvalue weighted by Gasteiger charge is 2.16. The number of nitrogens with zero attached hydrogens (tertiary/aromatic N) is 3. The van der Waals surface area contributed by atoms with E-state index in [1.807, 2.05) is 19.2 Å². The Labute approximate surface area is 134 Å². The van der Waals surface area contributed by atoms with Gasteiger partial charge in [-0.3, -0.25) is 9.98 Å². The molecule has 1 aliphatic heterocycles. The van der Waals surface area contributed by atoms with Gasteiger partial charge in [0.05, 0.1) is 24.3 Å². The van der Waals surface area contributed by atoms with E-state index in [9.17, 15) is 4.79 Å². The first-order valence-corrected chi connectivity index (χ1v) is 7.39. The summed E-state index contributed by atoms with van der Waals surface area (Å²) in [4.78, 5) is 21.8. The van der Waals surface area contributed by atoms with Crippen molar-refractivity contribution in [3.05, 3.63) is 59.4 Å². The second-order valence-corrected chi connectivity index (χ2v) is 5.36. The van der Waals surface area contributed by atoms with Crippen molar-refractivity contribution in [1.29, 1.82) is 0 Å². The molecule has 1 aromatic carbocycles. The summed E-state index contributed by atoms with van der Waals surface area (Å²) in [6.45, 7) is 1.78. The van der Waals surface area contributed by atoms with Crippen LogP contribution in [0.4, 0.5) is 5.69 Å². The summed E-state index contributed by atoms with van der Waals surface area (Å²) in [5.74, 6) is 0.0136. The number of rotatable bonds is 5. The van der Waals surface area contributed by atoms with Crippen LogP contribution >= 0.6 is 0 Å². The second-order valence-electron chi connectivity index (χ2n) is 5.36. The molecule has 0 spiro atoms. The summed E-state index contributed by atoms with van der Waals surface area (Å²) in [5.41, 5.74) is 3.34. The maximum absolute atomic E-state index is 11.0. The lowest BCUT2D eigenvalue weighted by Crippen LogP contribution is -2.38. The van der Waals surface area contributed by atoms with Gasteiger partial charge in [-0.2, -0.15) is 0 Å². The maximum atomic E-state index is 11.0. The van der Waals surface area contributed by atoms with Gasteiger partial charge in [-0.05, 0) is 23.8 Å². The number of carbonyl (C=O) groups is 1. The van der Waals surface area contributed by atoms with E-state index in [2.05, 4.69) is 32.3 Å². The van der Waals surface area contributed by atoms with Crippen LogP contribution in [0.2, 0.25) is 0 Å². The molecule has 0 bridgehead atoms.